The zero-order valence-electron chi connectivity index (χ0n) is 11.2. The Morgan fingerprint density at radius 2 is 1.86 bits per heavy atom. The third-order valence-electron chi connectivity index (χ3n) is 2.81. The molecule has 0 spiro atoms. The zero-order valence-corrected chi connectivity index (χ0v) is 13.6. The number of hydrogen-bond donors (Lipinski definition) is 2. The van der Waals surface area contributed by atoms with Crippen molar-refractivity contribution in [2.75, 3.05) is 11.8 Å². The fraction of sp³-hybridized carbons (Fsp3) is 0.143. The highest BCUT2D eigenvalue weighted by Gasteiger charge is 2.16. The van der Waals surface area contributed by atoms with Crippen LogP contribution in [0.25, 0.3) is 0 Å². The summed E-state index contributed by atoms with van der Waals surface area (Å²) in [7, 11) is -2.27. The number of nitrogens with one attached hydrogen (secondary N) is 1. The number of methoxy groups -OCH3 is 1. The number of benzene rings is 2. The molecule has 0 saturated carbocycles. The molecule has 0 amide bonds. The minimum absolute atomic E-state index is 0.141. The van der Waals surface area contributed by atoms with Crippen LogP contribution >= 0.6 is 15.9 Å². The smallest absolute Gasteiger partial charge is 0.262 e. The van der Waals surface area contributed by atoms with Gasteiger partial charge in [-0.25, -0.2) is 8.42 Å². The molecule has 0 atom stereocenters. The Bertz CT molecular complexity index is 729. The van der Waals surface area contributed by atoms with Gasteiger partial charge >= 0.3 is 0 Å². The first-order chi connectivity index (χ1) is 9.96. The van der Waals surface area contributed by atoms with Crippen molar-refractivity contribution in [3.05, 3.63) is 52.5 Å². The molecule has 0 unspecified atom stereocenters. The molecule has 2 N–H and O–H groups in total. The van der Waals surface area contributed by atoms with Crippen molar-refractivity contribution < 1.29 is 18.3 Å². The van der Waals surface area contributed by atoms with E-state index in [1.54, 1.807) is 24.3 Å². The Morgan fingerprint density at radius 3 is 2.43 bits per heavy atom. The van der Waals surface area contributed by atoms with Crippen molar-refractivity contribution in [3.8, 4) is 5.75 Å². The van der Waals surface area contributed by atoms with Crippen molar-refractivity contribution in [2.24, 2.45) is 0 Å². The fourth-order valence-corrected chi connectivity index (χ4v) is 3.08. The van der Waals surface area contributed by atoms with E-state index in [-0.39, 0.29) is 17.2 Å². The summed E-state index contributed by atoms with van der Waals surface area (Å²) in [6.07, 6.45) is 0. The average molecular weight is 372 g/mol. The minimum atomic E-state index is -3.72. The standard InChI is InChI=1S/C14H14BrNO4S/c1-20-14-7-2-10(9-17)8-13(14)16-21(18,19)12-5-3-11(15)4-6-12/h2-8,16-17H,9H2,1H3. The van der Waals surface area contributed by atoms with Gasteiger partial charge in [0.05, 0.1) is 24.3 Å². The lowest BCUT2D eigenvalue weighted by Crippen LogP contribution is -2.13. The first-order valence-electron chi connectivity index (χ1n) is 6.02. The van der Waals surface area contributed by atoms with Crippen molar-refractivity contribution in [1.29, 1.82) is 0 Å². The summed E-state index contributed by atoms with van der Waals surface area (Å²) in [5.41, 5.74) is 0.872. The molecule has 0 radical (unpaired) electrons. The second kappa shape index (κ2) is 6.46. The third-order valence-corrected chi connectivity index (χ3v) is 4.72. The molecule has 0 heterocycles. The maximum atomic E-state index is 12.3. The van der Waals surface area contributed by atoms with Crippen molar-refractivity contribution in [3.63, 3.8) is 0 Å². The van der Waals surface area contributed by atoms with Crippen LogP contribution in [0.1, 0.15) is 5.56 Å². The Morgan fingerprint density at radius 1 is 1.19 bits per heavy atom. The number of rotatable bonds is 5. The van der Waals surface area contributed by atoms with Crippen LogP contribution in [0, 0.1) is 0 Å². The van der Waals surface area contributed by atoms with Gasteiger partial charge in [-0.05, 0) is 42.0 Å². The molecule has 0 aliphatic carbocycles. The van der Waals surface area contributed by atoms with Crippen molar-refractivity contribution in [2.45, 2.75) is 11.5 Å². The number of hydrogen-bond acceptors (Lipinski definition) is 4. The molecule has 0 fully saturated rings. The molecule has 5 nitrogen and oxygen atoms in total. The molecule has 0 aromatic heterocycles. The number of aliphatic hydroxyl groups excluding tert-OH is 1. The van der Waals surface area contributed by atoms with Crippen LogP contribution in [0.15, 0.2) is 51.8 Å². The van der Waals surface area contributed by atoms with E-state index < -0.39 is 10.0 Å². The van der Waals surface area contributed by atoms with Crippen LogP contribution in [0.4, 0.5) is 5.69 Å². The Labute approximate surface area is 131 Å². The lowest BCUT2D eigenvalue weighted by Gasteiger charge is -2.13. The highest BCUT2D eigenvalue weighted by molar-refractivity contribution is 9.10. The Kier molecular flexibility index (Phi) is 4.87. The molecule has 2 rings (SSSR count). The van der Waals surface area contributed by atoms with E-state index in [0.29, 0.717) is 11.3 Å². The predicted molar refractivity (Wildman–Crippen MR) is 83.9 cm³/mol. The maximum absolute atomic E-state index is 12.3. The second-order valence-corrected chi connectivity index (χ2v) is 6.85. The normalized spacial score (nSPS) is 11.2. The Hall–Kier alpha value is -1.57. The third kappa shape index (κ3) is 3.75. The first kappa shape index (κ1) is 15.8. The van der Waals surface area contributed by atoms with E-state index in [4.69, 9.17) is 9.84 Å². The molecule has 0 aliphatic heterocycles. The summed E-state index contributed by atoms with van der Waals surface area (Å²) in [5, 5.41) is 9.15. The highest BCUT2D eigenvalue weighted by Crippen LogP contribution is 2.28. The van der Waals surface area contributed by atoms with Crippen molar-refractivity contribution >= 4 is 31.6 Å². The van der Waals surface area contributed by atoms with E-state index >= 15 is 0 Å². The summed E-state index contributed by atoms with van der Waals surface area (Å²) >= 11 is 3.26. The van der Waals surface area contributed by atoms with E-state index in [2.05, 4.69) is 20.7 Å². The van der Waals surface area contributed by atoms with Gasteiger partial charge in [-0.3, -0.25) is 4.72 Å². The van der Waals surface area contributed by atoms with Gasteiger partial charge in [-0.15, -0.1) is 0 Å². The van der Waals surface area contributed by atoms with Crippen LogP contribution < -0.4 is 9.46 Å². The summed E-state index contributed by atoms with van der Waals surface area (Å²) in [5.74, 6) is 0.382. The summed E-state index contributed by atoms with van der Waals surface area (Å²) in [4.78, 5) is 0.141. The van der Waals surface area contributed by atoms with Gasteiger partial charge in [0.25, 0.3) is 10.0 Å². The second-order valence-electron chi connectivity index (χ2n) is 4.25. The molecule has 0 saturated heterocycles. The molecule has 7 heteroatoms. The van der Waals surface area contributed by atoms with Gasteiger partial charge in [-0.1, -0.05) is 22.0 Å². The van der Waals surface area contributed by atoms with Crippen LogP contribution in [-0.2, 0) is 16.6 Å². The number of sulfonamides is 1. The molecule has 0 bridgehead atoms. The summed E-state index contributed by atoms with van der Waals surface area (Å²) in [6.45, 7) is -0.184. The van der Waals surface area contributed by atoms with Gasteiger partial charge in [-0.2, -0.15) is 0 Å². The molecular formula is C14H14BrNO4S. The van der Waals surface area contributed by atoms with E-state index in [1.165, 1.54) is 25.3 Å². The predicted octanol–water partition coefficient (Wildman–Crippen LogP) is 2.75. The summed E-state index contributed by atoms with van der Waals surface area (Å²) in [6, 6.07) is 11.1. The van der Waals surface area contributed by atoms with Gasteiger partial charge < -0.3 is 9.84 Å². The van der Waals surface area contributed by atoms with E-state index in [0.717, 1.165) is 4.47 Å². The number of anilines is 1. The van der Waals surface area contributed by atoms with Crippen LogP contribution in [0.5, 0.6) is 5.75 Å². The molecule has 21 heavy (non-hydrogen) atoms. The van der Waals surface area contributed by atoms with Crippen molar-refractivity contribution in [1.82, 2.24) is 0 Å². The molecule has 2 aromatic carbocycles. The zero-order chi connectivity index (χ0) is 15.5. The topological polar surface area (TPSA) is 75.6 Å². The SMILES string of the molecule is COc1ccc(CO)cc1NS(=O)(=O)c1ccc(Br)cc1. The van der Waals surface area contributed by atoms with E-state index in [9.17, 15) is 8.42 Å². The van der Waals surface area contributed by atoms with Gasteiger partial charge in [0, 0.05) is 4.47 Å². The number of halogens is 1. The first-order valence-corrected chi connectivity index (χ1v) is 8.30. The quantitative estimate of drug-likeness (QED) is 0.846. The van der Waals surface area contributed by atoms with Gasteiger partial charge in [0.2, 0.25) is 0 Å². The largest absolute Gasteiger partial charge is 0.495 e. The molecule has 0 aliphatic rings. The maximum Gasteiger partial charge on any atom is 0.262 e. The number of aliphatic hydroxyl groups is 1. The fourth-order valence-electron chi connectivity index (χ4n) is 1.75. The van der Waals surface area contributed by atoms with E-state index in [1.807, 2.05) is 0 Å². The van der Waals surface area contributed by atoms with Gasteiger partial charge in [0.15, 0.2) is 0 Å². The van der Waals surface area contributed by atoms with Crippen LogP contribution in [0.3, 0.4) is 0 Å². The average Bonchev–Trinajstić information content (AvgIpc) is 2.47. The minimum Gasteiger partial charge on any atom is -0.495 e. The molecule has 2 aromatic rings. The van der Waals surface area contributed by atoms with Crippen LogP contribution in [-0.4, -0.2) is 20.6 Å². The van der Waals surface area contributed by atoms with Crippen LogP contribution in [0.2, 0.25) is 0 Å². The lowest BCUT2D eigenvalue weighted by molar-refractivity contribution is 0.281. The molecular weight excluding hydrogens is 358 g/mol. The molecule has 112 valence electrons. The Balaban J connectivity index is 2.38. The highest BCUT2D eigenvalue weighted by atomic mass is 79.9. The summed E-state index contributed by atoms with van der Waals surface area (Å²) < 4.78 is 33.1. The van der Waals surface area contributed by atoms with Gasteiger partial charge in [0.1, 0.15) is 5.75 Å². The number of ether oxygens (including phenoxy) is 1. The monoisotopic (exact) mass is 371 g/mol. The lowest BCUT2D eigenvalue weighted by atomic mass is 10.2.